The summed E-state index contributed by atoms with van der Waals surface area (Å²) < 4.78 is 27.4. The van der Waals surface area contributed by atoms with Crippen molar-refractivity contribution in [2.75, 3.05) is 31.1 Å². The molecule has 22 heavy (non-hydrogen) atoms. The molecule has 1 fully saturated rings. The number of benzene rings is 1. The first-order valence-corrected chi connectivity index (χ1v) is 7.95. The highest BCUT2D eigenvalue weighted by atomic mass is 19.1. The topological polar surface area (TPSA) is 32.5 Å². The van der Waals surface area contributed by atoms with Crippen LogP contribution in [0.25, 0.3) is 6.08 Å². The Hall–Kier alpha value is -1.46. The smallest absolute Gasteiger partial charge is 0.135 e. The van der Waals surface area contributed by atoms with Crippen LogP contribution in [0, 0.1) is 11.6 Å². The SMILES string of the molecule is CC1CC(N)CCN1CCN1CC=Cc2c(F)cc(F)cc21. The van der Waals surface area contributed by atoms with Crippen molar-refractivity contribution in [3.05, 3.63) is 35.4 Å². The number of halogens is 2. The summed E-state index contributed by atoms with van der Waals surface area (Å²) in [7, 11) is 0. The van der Waals surface area contributed by atoms with Gasteiger partial charge in [-0.3, -0.25) is 4.90 Å². The van der Waals surface area contributed by atoms with Gasteiger partial charge in [0.15, 0.2) is 0 Å². The number of rotatable bonds is 3. The second-order valence-corrected chi connectivity index (χ2v) is 6.34. The maximum Gasteiger partial charge on any atom is 0.135 e. The molecule has 0 aliphatic carbocycles. The fraction of sp³-hybridized carbons (Fsp3) is 0.529. The Labute approximate surface area is 130 Å². The highest BCUT2D eigenvalue weighted by Crippen LogP contribution is 2.29. The first-order valence-electron chi connectivity index (χ1n) is 7.95. The van der Waals surface area contributed by atoms with Crippen LogP contribution in [0.1, 0.15) is 25.3 Å². The number of nitrogens with zero attached hydrogens (tertiary/aromatic N) is 2. The van der Waals surface area contributed by atoms with Crippen LogP contribution in [0.15, 0.2) is 18.2 Å². The first-order chi connectivity index (χ1) is 10.5. The van der Waals surface area contributed by atoms with Gasteiger partial charge in [0.25, 0.3) is 0 Å². The minimum absolute atomic E-state index is 0.299. The van der Waals surface area contributed by atoms with Crippen molar-refractivity contribution in [2.24, 2.45) is 5.73 Å². The molecule has 0 bridgehead atoms. The Morgan fingerprint density at radius 3 is 2.86 bits per heavy atom. The van der Waals surface area contributed by atoms with Gasteiger partial charge in [0.2, 0.25) is 0 Å². The second kappa shape index (κ2) is 6.34. The van der Waals surface area contributed by atoms with Crippen LogP contribution in [0.3, 0.4) is 0 Å². The molecule has 2 aliphatic heterocycles. The van der Waals surface area contributed by atoms with Crippen LogP contribution < -0.4 is 10.6 Å². The summed E-state index contributed by atoms with van der Waals surface area (Å²) in [6, 6.07) is 3.14. The third kappa shape index (κ3) is 3.15. The highest BCUT2D eigenvalue weighted by molar-refractivity contribution is 5.71. The molecule has 2 atom stereocenters. The Bertz CT molecular complexity index is 573. The third-order valence-electron chi connectivity index (χ3n) is 4.73. The van der Waals surface area contributed by atoms with E-state index in [0.717, 1.165) is 38.5 Å². The molecule has 2 heterocycles. The molecule has 1 aromatic carbocycles. The highest BCUT2D eigenvalue weighted by Gasteiger charge is 2.24. The van der Waals surface area contributed by atoms with Gasteiger partial charge in [-0.2, -0.15) is 0 Å². The standard InChI is InChI=1S/C17H23F2N3/c1-12-9-14(20)4-6-21(12)7-8-22-5-2-3-15-16(19)10-13(18)11-17(15)22/h2-3,10-12,14H,4-9,20H2,1H3. The van der Waals surface area contributed by atoms with Crippen LogP contribution >= 0.6 is 0 Å². The summed E-state index contributed by atoms with van der Waals surface area (Å²) in [5, 5.41) is 0. The van der Waals surface area contributed by atoms with Crippen LogP contribution in [0.5, 0.6) is 0 Å². The molecule has 0 amide bonds. The van der Waals surface area contributed by atoms with Crippen LogP contribution in [-0.4, -0.2) is 43.2 Å². The molecule has 1 saturated heterocycles. The number of fused-ring (bicyclic) bond motifs is 1. The van der Waals surface area contributed by atoms with E-state index in [-0.39, 0.29) is 0 Å². The number of hydrogen-bond donors (Lipinski definition) is 1. The van der Waals surface area contributed by atoms with Gasteiger partial charge < -0.3 is 10.6 Å². The summed E-state index contributed by atoms with van der Waals surface area (Å²) in [4.78, 5) is 4.46. The van der Waals surface area contributed by atoms with E-state index in [1.807, 2.05) is 11.0 Å². The summed E-state index contributed by atoms with van der Waals surface area (Å²) >= 11 is 0. The van der Waals surface area contributed by atoms with Gasteiger partial charge in [-0.15, -0.1) is 0 Å². The van der Waals surface area contributed by atoms with E-state index in [1.165, 1.54) is 6.07 Å². The minimum atomic E-state index is -0.520. The van der Waals surface area contributed by atoms with Crippen molar-refractivity contribution in [1.29, 1.82) is 0 Å². The van der Waals surface area contributed by atoms with E-state index >= 15 is 0 Å². The number of nitrogens with two attached hydrogens (primary N) is 1. The summed E-state index contributed by atoms with van der Waals surface area (Å²) in [5.74, 6) is -1.01. The van der Waals surface area contributed by atoms with E-state index in [0.29, 0.717) is 29.9 Å². The summed E-state index contributed by atoms with van der Waals surface area (Å²) in [6.07, 6.45) is 5.70. The molecule has 0 spiro atoms. The molecule has 5 heteroatoms. The Balaban J connectivity index is 1.69. The van der Waals surface area contributed by atoms with Crippen molar-refractivity contribution in [1.82, 2.24) is 4.90 Å². The van der Waals surface area contributed by atoms with Crippen molar-refractivity contribution in [3.8, 4) is 0 Å². The van der Waals surface area contributed by atoms with Gasteiger partial charge in [-0.25, -0.2) is 8.78 Å². The Morgan fingerprint density at radius 1 is 1.27 bits per heavy atom. The van der Waals surface area contributed by atoms with Gasteiger partial charge in [-0.05, 0) is 32.4 Å². The number of likely N-dealkylation sites (tertiary alicyclic amines) is 1. The van der Waals surface area contributed by atoms with E-state index in [9.17, 15) is 8.78 Å². The van der Waals surface area contributed by atoms with Crippen molar-refractivity contribution >= 4 is 11.8 Å². The van der Waals surface area contributed by atoms with Crippen molar-refractivity contribution in [3.63, 3.8) is 0 Å². The fourth-order valence-corrected chi connectivity index (χ4v) is 3.44. The fourth-order valence-electron chi connectivity index (χ4n) is 3.44. The number of anilines is 1. The normalized spacial score (nSPS) is 25.4. The molecular formula is C17H23F2N3. The monoisotopic (exact) mass is 307 g/mol. The predicted octanol–water partition coefficient (Wildman–Crippen LogP) is 2.61. The Morgan fingerprint density at radius 2 is 2.09 bits per heavy atom. The third-order valence-corrected chi connectivity index (χ3v) is 4.73. The molecule has 2 unspecified atom stereocenters. The van der Waals surface area contributed by atoms with E-state index < -0.39 is 11.6 Å². The zero-order chi connectivity index (χ0) is 15.7. The van der Waals surface area contributed by atoms with Crippen LogP contribution in [0.4, 0.5) is 14.5 Å². The lowest BCUT2D eigenvalue weighted by molar-refractivity contribution is 0.151. The van der Waals surface area contributed by atoms with Gasteiger partial charge >= 0.3 is 0 Å². The molecule has 3 rings (SSSR count). The molecule has 0 aromatic heterocycles. The van der Waals surface area contributed by atoms with Crippen LogP contribution in [-0.2, 0) is 0 Å². The van der Waals surface area contributed by atoms with Gasteiger partial charge in [0.1, 0.15) is 11.6 Å². The molecular weight excluding hydrogens is 284 g/mol. The molecule has 120 valence electrons. The van der Waals surface area contributed by atoms with E-state index in [2.05, 4.69) is 11.8 Å². The molecule has 0 saturated carbocycles. The Kier molecular flexibility index (Phi) is 4.45. The molecule has 2 aliphatic rings. The minimum Gasteiger partial charge on any atom is -0.366 e. The average Bonchev–Trinajstić information content (AvgIpc) is 2.46. The maximum absolute atomic E-state index is 13.9. The number of piperidine rings is 1. The van der Waals surface area contributed by atoms with Gasteiger partial charge in [0, 0.05) is 43.3 Å². The first kappa shape index (κ1) is 15.4. The zero-order valence-corrected chi connectivity index (χ0v) is 12.9. The molecule has 3 nitrogen and oxygen atoms in total. The molecule has 2 N–H and O–H groups in total. The maximum atomic E-state index is 13.9. The van der Waals surface area contributed by atoms with Gasteiger partial charge in [-0.1, -0.05) is 12.2 Å². The largest absolute Gasteiger partial charge is 0.366 e. The molecule has 0 radical (unpaired) electrons. The molecule has 1 aromatic rings. The van der Waals surface area contributed by atoms with Crippen molar-refractivity contribution in [2.45, 2.75) is 31.8 Å². The second-order valence-electron chi connectivity index (χ2n) is 6.34. The summed E-state index contributed by atoms with van der Waals surface area (Å²) in [6.45, 7) is 5.54. The lowest BCUT2D eigenvalue weighted by Crippen LogP contribution is -2.48. The number of hydrogen-bond acceptors (Lipinski definition) is 3. The lowest BCUT2D eigenvalue weighted by Gasteiger charge is -2.38. The lowest BCUT2D eigenvalue weighted by atomic mass is 9.99. The van der Waals surface area contributed by atoms with E-state index in [1.54, 1.807) is 6.08 Å². The predicted molar refractivity (Wildman–Crippen MR) is 85.8 cm³/mol. The van der Waals surface area contributed by atoms with Crippen molar-refractivity contribution < 1.29 is 8.78 Å². The quantitative estimate of drug-likeness (QED) is 0.932. The summed E-state index contributed by atoms with van der Waals surface area (Å²) in [5.41, 5.74) is 7.13. The zero-order valence-electron chi connectivity index (χ0n) is 12.9. The van der Waals surface area contributed by atoms with Crippen LogP contribution in [0.2, 0.25) is 0 Å². The van der Waals surface area contributed by atoms with E-state index in [4.69, 9.17) is 5.73 Å². The van der Waals surface area contributed by atoms with Gasteiger partial charge in [0.05, 0.1) is 5.69 Å². The average molecular weight is 307 g/mol.